The molecule has 5 atom stereocenters. The van der Waals surface area contributed by atoms with Crippen LogP contribution in [-0.2, 0) is 41.7 Å². The Morgan fingerprint density at radius 1 is 0.795 bits per heavy atom. The lowest BCUT2D eigenvalue weighted by Crippen LogP contribution is -2.60. The molecule has 1 amide bonds. The number of ether oxygens (including phenoxy) is 5. The predicted molar refractivity (Wildman–Crippen MR) is 149 cm³/mol. The molecule has 1 aliphatic heterocycles. The Morgan fingerprint density at radius 3 is 1.87 bits per heavy atom. The van der Waals surface area contributed by atoms with Gasteiger partial charge in [-0.1, -0.05) is 78.9 Å². The molecule has 1 fully saturated rings. The fourth-order valence-corrected chi connectivity index (χ4v) is 5.02. The summed E-state index contributed by atoms with van der Waals surface area (Å²) >= 11 is 1.45. The normalized spacial score (nSPS) is 22.6. The third kappa shape index (κ3) is 8.56. The number of hydrogen-bond donors (Lipinski definition) is 1. The van der Waals surface area contributed by atoms with Crippen molar-refractivity contribution in [2.24, 2.45) is 0 Å². The van der Waals surface area contributed by atoms with E-state index in [9.17, 15) is 9.59 Å². The van der Waals surface area contributed by atoms with Crippen molar-refractivity contribution < 1.29 is 33.3 Å². The highest BCUT2D eigenvalue weighted by atomic mass is 32.2. The number of carbonyl (C=O) groups excluding carboxylic acids is 2. The standard InChI is InChI=1S/C30H33NO7S/c1-21(32)37-26-25(20-36-30(33)31-24-16-10-5-11-17-24)38-29(39-2)28(35-19-23-14-8-4-9-15-23)27(26)34-18-22-12-6-3-7-13-22/h3-17,25-29H,18-20H2,1-2H3,(H,31,33)/t25-,26-,27+,28-,29+/m1/s1. The van der Waals surface area contributed by atoms with Crippen molar-refractivity contribution in [2.75, 3.05) is 18.2 Å². The molecule has 3 aromatic carbocycles. The van der Waals surface area contributed by atoms with Gasteiger partial charge in [-0.15, -0.1) is 11.8 Å². The molecule has 9 heteroatoms. The van der Waals surface area contributed by atoms with Gasteiger partial charge in [0.05, 0.1) is 13.2 Å². The highest BCUT2D eigenvalue weighted by Gasteiger charge is 2.49. The molecule has 0 radical (unpaired) electrons. The van der Waals surface area contributed by atoms with E-state index in [4.69, 9.17) is 23.7 Å². The van der Waals surface area contributed by atoms with E-state index in [1.807, 2.05) is 85.1 Å². The van der Waals surface area contributed by atoms with Crippen LogP contribution in [-0.4, -0.2) is 54.8 Å². The van der Waals surface area contributed by atoms with E-state index >= 15 is 0 Å². The van der Waals surface area contributed by atoms with Crippen molar-refractivity contribution >= 4 is 29.5 Å². The lowest BCUT2D eigenvalue weighted by atomic mass is 9.99. The van der Waals surface area contributed by atoms with Crippen molar-refractivity contribution in [1.82, 2.24) is 0 Å². The smallest absolute Gasteiger partial charge is 0.411 e. The number of thioether (sulfide) groups is 1. The number of amides is 1. The lowest BCUT2D eigenvalue weighted by Gasteiger charge is -2.45. The van der Waals surface area contributed by atoms with Crippen LogP contribution in [0, 0.1) is 0 Å². The van der Waals surface area contributed by atoms with Gasteiger partial charge in [0.2, 0.25) is 0 Å². The maximum absolute atomic E-state index is 12.5. The van der Waals surface area contributed by atoms with Crippen LogP contribution in [0.1, 0.15) is 18.1 Å². The largest absolute Gasteiger partial charge is 0.457 e. The van der Waals surface area contributed by atoms with Crippen molar-refractivity contribution in [3.05, 3.63) is 102 Å². The van der Waals surface area contributed by atoms with Gasteiger partial charge in [0.15, 0.2) is 6.10 Å². The van der Waals surface area contributed by atoms with Crippen molar-refractivity contribution in [3.63, 3.8) is 0 Å². The second-order valence-corrected chi connectivity index (χ2v) is 9.90. The van der Waals surface area contributed by atoms with Gasteiger partial charge in [0, 0.05) is 12.6 Å². The zero-order valence-corrected chi connectivity index (χ0v) is 22.8. The van der Waals surface area contributed by atoms with Gasteiger partial charge in [-0.2, -0.15) is 0 Å². The number of para-hydroxylation sites is 1. The van der Waals surface area contributed by atoms with Crippen LogP contribution in [0.5, 0.6) is 0 Å². The zero-order valence-electron chi connectivity index (χ0n) is 21.9. The Labute approximate surface area is 232 Å². The van der Waals surface area contributed by atoms with Crippen molar-refractivity contribution in [3.8, 4) is 0 Å². The molecular formula is C30H33NO7S. The molecule has 206 valence electrons. The number of hydrogen-bond acceptors (Lipinski definition) is 8. The monoisotopic (exact) mass is 551 g/mol. The van der Waals surface area contributed by atoms with Crippen LogP contribution < -0.4 is 5.32 Å². The molecule has 1 N–H and O–H groups in total. The van der Waals surface area contributed by atoms with E-state index in [-0.39, 0.29) is 13.2 Å². The summed E-state index contributed by atoms with van der Waals surface area (Å²) in [5, 5.41) is 2.68. The molecule has 8 nitrogen and oxygen atoms in total. The summed E-state index contributed by atoms with van der Waals surface area (Å²) in [5.74, 6) is -0.500. The summed E-state index contributed by atoms with van der Waals surface area (Å²) in [4.78, 5) is 24.7. The highest BCUT2D eigenvalue weighted by Crippen LogP contribution is 2.34. The molecule has 1 saturated heterocycles. The van der Waals surface area contributed by atoms with Crippen LogP contribution in [0.15, 0.2) is 91.0 Å². The van der Waals surface area contributed by atoms with Crippen molar-refractivity contribution in [2.45, 2.75) is 50.0 Å². The molecule has 1 heterocycles. The molecule has 0 aliphatic carbocycles. The van der Waals surface area contributed by atoms with Gasteiger partial charge in [-0.25, -0.2) is 4.79 Å². The predicted octanol–water partition coefficient (Wildman–Crippen LogP) is 5.43. The van der Waals surface area contributed by atoms with Gasteiger partial charge in [-0.3, -0.25) is 10.1 Å². The molecule has 39 heavy (non-hydrogen) atoms. The second-order valence-electron chi connectivity index (χ2n) is 8.96. The van der Waals surface area contributed by atoms with Gasteiger partial charge in [0.25, 0.3) is 0 Å². The Morgan fingerprint density at radius 2 is 1.33 bits per heavy atom. The number of rotatable bonds is 11. The molecule has 1 aliphatic rings. The van der Waals surface area contributed by atoms with Gasteiger partial charge in [0.1, 0.15) is 30.4 Å². The third-order valence-corrected chi connectivity index (χ3v) is 6.94. The Hall–Kier alpha value is -3.37. The first-order valence-corrected chi connectivity index (χ1v) is 14.0. The molecular weight excluding hydrogens is 518 g/mol. The fraction of sp³-hybridized carbons (Fsp3) is 0.333. The maximum atomic E-state index is 12.5. The minimum absolute atomic E-state index is 0.149. The first-order valence-electron chi connectivity index (χ1n) is 12.7. The summed E-state index contributed by atoms with van der Waals surface area (Å²) in [7, 11) is 0. The van der Waals surface area contributed by atoms with Gasteiger partial charge >= 0.3 is 12.1 Å². The van der Waals surface area contributed by atoms with E-state index in [2.05, 4.69) is 5.32 Å². The lowest BCUT2D eigenvalue weighted by molar-refractivity contribution is -0.245. The number of esters is 1. The van der Waals surface area contributed by atoms with Crippen LogP contribution in [0.25, 0.3) is 0 Å². The molecule has 0 spiro atoms. The first-order chi connectivity index (χ1) is 19.0. The molecule has 0 bridgehead atoms. The number of benzene rings is 3. The zero-order chi connectivity index (χ0) is 27.5. The first kappa shape index (κ1) is 28.6. The van der Waals surface area contributed by atoms with E-state index in [0.717, 1.165) is 11.1 Å². The molecule has 0 saturated carbocycles. The summed E-state index contributed by atoms with van der Waals surface area (Å²) in [5.41, 5.74) is 2.09. The van der Waals surface area contributed by atoms with E-state index < -0.39 is 41.9 Å². The highest BCUT2D eigenvalue weighted by molar-refractivity contribution is 7.99. The average molecular weight is 552 g/mol. The Kier molecular flexibility index (Phi) is 10.8. The van der Waals surface area contributed by atoms with Gasteiger partial charge < -0.3 is 23.7 Å². The summed E-state index contributed by atoms with van der Waals surface area (Å²) in [6, 6.07) is 28.5. The second kappa shape index (κ2) is 14.7. The molecule has 4 rings (SSSR count). The SMILES string of the molecule is CS[C@@H]1O[C@H](COC(=O)Nc2ccccc2)[C@@H](OC(C)=O)[C@H](OCc2ccccc2)[C@H]1OCc1ccccc1. The van der Waals surface area contributed by atoms with Crippen LogP contribution >= 0.6 is 11.8 Å². The number of anilines is 1. The number of nitrogens with one attached hydrogen (secondary N) is 1. The minimum atomic E-state index is -0.875. The Bertz CT molecular complexity index is 1170. The Balaban J connectivity index is 1.53. The fourth-order valence-electron chi connectivity index (χ4n) is 4.27. The molecule has 0 aromatic heterocycles. The summed E-state index contributed by atoms with van der Waals surface area (Å²) in [6.07, 6.45) is -1.64. The van der Waals surface area contributed by atoms with Crippen LogP contribution in [0.3, 0.4) is 0 Å². The topological polar surface area (TPSA) is 92.3 Å². The van der Waals surface area contributed by atoms with Crippen molar-refractivity contribution in [1.29, 1.82) is 0 Å². The van der Waals surface area contributed by atoms with E-state index in [1.165, 1.54) is 18.7 Å². The minimum Gasteiger partial charge on any atom is -0.457 e. The molecule has 3 aromatic rings. The average Bonchev–Trinajstić information content (AvgIpc) is 2.96. The van der Waals surface area contributed by atoms with E-state index in [0.29, 0.717) is 12.3 Å². The number of carbonyl (C=O) groups is 2. The van der Waals surface area contributed by atoms with Crippen LogP contribution in [0.4, 0.5) is 10.5 Å². The van der Waals surface area contributed by atoms with E-state index in [1.54, 1.807) is 12.1 Å². The molecule has 0 unspecified atom stereocenters. The summed E-state index contributed by atoms with van der Waals surface area (Å²) < 4.78 is 30.3. The van der Waals surface area contributed by atoms with Gasteiger partial charge in [-0.05, 0) is 29.5 Å². The maximum Gasteiger partial charge on any atom is 0.411 e. The van der Waals surface area contributed by atoms with Crippen LogP contribution in [0.2, 0.25) is 0 Å². The third-order valence-electron chi connectivity index (χ3n) is 6.09. The summed E-state index contributed by atoms with van der Waals surface area (Å²) in [6.45, 7) is 1.78. The quantitative estimate of drug-likeness (QED) is 0.316.